The van der Waals surface area contributed by atoms with E-state index in [9.17, 15) is 4.39 Å². The molecule has 0 aliphatic heterocycles. The van der Waals surface area contributed by atoms with Crippen LogP contribution < -0.4 is 0 Å². The molecule has 1 atom stereocenters. The molecule has 0 saturated heterocycles. The smallest absolute Gasteiger partial charge is 0.124 e. The molecule has 1 rings (SSSR count). The Bertz CT molecular complexity index is 259. The Kier molecular flexibility index (Phi) is 4.12. The third kappa shape index (κ3) is 3.19. The van der Waals surface area contributed by atoms with Crippen LogP contribution in [0.5, 0.6) is 0 Å². The van der Waals surface area contributed by atoms with Gasteiger partial charge < -0.3 is 0 Å². The average molecular weight is 210 g/mol. The van der Waals surface area contributed by atoms with Gasteiger partial charge in [-0.1, -0.05) is 45.4 Å². The lowest BCUT2D eigenvalue weighted by molar-refractivity contribution is 0.378. The van der Waals surface area contributed by atoms with Gasteiger partial charge >= 0.3 is 0 Å². The van der Waals surface area contributed by atoms with Crippen LogP contribution in [-0.4, -0.2) is 6.17 Å². The van der Waals surface area contributed by atoms with E-state index >= 15 is 0 Å². The number of allylic oxidation sites excluding steroid dienone is 3. The molecular weight excluding hydrogens is 187 g/mol. The molecule has 0 aromatic heterocycles. The lowest BCUT2D eigenvalue weighted by Gasteiger charge is -2.15. The van der Waals surface area contributed by atoms with Crippen LogP contribution in [0.3, 0.4) is 0 Å². The molecule has 0 amide bonds. The van der Waals surface area contributed by atoms with Crippen molar-refractivity contribution in [3.8, 4) is 0 Å². The van der Waals surface area contributed by atoms with Gasteiger partial charge in [-0.25, -0.2) is 4.39 Å². The van der Waals surface area contributed by atoms with E-state index in [1.54, 1.807) is 0 Å². The molecule has 1 heteroatoms. The molecule has 1 fully saturated rings. The van der Waals surface area contributed by atoms with Crippen molar-refractivity contribution in [3.63, 3.8) is 0 Å². The summed E-state index contributed by atoms with van der Waals surface area (Å²) in [6, 6.07) is 0. The summed E-state index contributed by atoms with van der Waals surface area (Å²) in [5.41, 5.74) is 2.44. The van der Waals surface area contributed by atoms with Gasteiger partial charge in [-0.05, 0) is 36.7 Å². The van der Waals surface area contributed by atoms with E-state index in [0.29, 0.717) is 17.4 Å². The van der Waals surface area contributed by atoms with E-state index in [0.717, 1.165) is 12.8 Å². The fourth-order valence-corrected chi connectivity index (χ4v) is 1.90. The van der Waals surface area contributed by atoms with Gasteiger partial charge in [0.05, 0.1) is 0 Å². The summed E-state index contributed by atoms with van der Waals surface area (Å²) in [5, 5.41) is 0. The largest absolute Gasteiger partial charge is 0.242 e. The Morgan fingerprint density at radius 2 is 2.07 bits per heavy atom. The predicted octanol–water partition coefficient (Wildman–Crippen LogP) is 4.82. The molecule has 0 nitrogen and oxygen atoms in total. The summed E-state index contributed by atoms with van der Waals surface area (Å²) < 4.78 is 13.4. The molecule has 0 heterocycles. The molecular formula is C14H23F. The molecule has 1 saturated carbocycles. The minimum absolute atomic E-state index is 0.367. The summed E-state index contributed by atoms with van der Waals surface area (Å²) in [6.45, 7) is 10.2. The van der Waals surface area contributed by atoms with Gasteiger partial charge in [0, 0.05) is 0 Å². The van der Waals surface area contributed by atoms with Crippen molar-refractivity contribution in [2.45, 2.75) is 59.0 Å². The second-order valence-corrected chi connectivity index (χ2v) is 4.93. The van der Waals surface area contributed by atoms with Crippen molar-refractivity contribution in [3.05, 3.63) is 23.8 Å². The zero-order valence-corrected chi connectivity index (χ0v) is 10.3. The van der Waals surface area contributed by atoms with Crippen molar-refractivity contribution in [2.75, 3.05) is 0 Å². The second-order valence-electron chi connectivity index (χ2n) is 4.93. The number of alkyl halides is 1. The van der Waals surface area contributed by atoms with Crippen molar-refractivity contribution >= 4 is 0 Å². The fourth-order valence-electron chi connectivity index (χ4n) is 1.90. The van der Waals surface area contributed by atoms with Crippen molar-refractivity contribution in [1.82, 2.24) is 0 Å². The van der Waals surface area contributed by atoms with Crippen molar-refractivity contribution in [1.29, 1.82) is 0 Å². The highest BCUT2D eigenvalue weighted by atomic mass is 19.1. The minimum Gasteiger partial charge on any atom is -0.242 e. The first-order valence-electron chi connectivity index (χ1n) is 6.07. The van der Waals surface area contributed by atoms with E-state index in [-0.39, 0.29) is 0 Å². The van der Waals surface area contributed by atoms with Gasteiger partial charge in [0.15, 0.2) is 0 Å². The van der Waals surface area contributed by atoms with E-state index in [2.05, 4.69) is 20.4 Å². The van der Waals surface area contributed by atoms with E-state index in [1.807, 2.05) is 13.0 Å². The molecule has 0 radical (unpaired) electrons. The number of hydrogen-bond donors (Lipinski definition) is 0. The molecule has 15 heavy (non-hydrogen) atoms. The Morgan fingerprint density at radius 1 is 1.47 bits per heavy atom. The Hall–Kier alpha value is -0.590. The van der Waals surface area contributed by atoms with E-state index < -0.39 is 6.17 Å². The number of rotatable bonds is 6. The maximum absolute atomic E-state index is 13.4. The van der Waals surface area contributed by atoms with Crippen LogP contribution >= 0.6 is 0 Å². The maximum atomic E-state index is 13.4. The molecule has 1 aliphatic rings. The van der Waals surface area contributed by atoms with Crippen LogP contribution in [-0.2, 0) is 0 Å². The third-order valence-corrected chi connectivity index (χ3v) is 3.41. The second kappa shape index (κ2) is 4.96. The molecule has 0 bridgehead atoms. The SMILES string of the molecule is C=C(/C=C(\CCC)C1(C)CC1)C(F)CC. The molecule has 1 aliphatic carbocycles. The maximum Gasteiger partial charge on any atom is 0.124 e. The predicted molar refractivity (Wildman–Crippen MR) is 64.7 cm³/mol. The quantitative estimate of drug-likeness (QED) is 0.551. The summed E-state index contributed by atoms with van der Waals surface area (Å²) in [5.74, 6) is 0. The fraction of sp³-hybridized carbons (Fsp3) is 0.714. The molecule has 0 aromatic rings. The standard InChI is InChI=1S/C14H23F/c1-5-7-12(14(4)8-9-14)10-11(3)13(15)6-2/h10,13H,3,5-9H2,1-2,4H3/b12-10+. The van der Waals surface area contributed by atoms with Gasteiger partial charge in [0.2, 0.25) is 0 Å². The van der Waals surface area contributed by atoms with Gasteiger partial charge in [0.25, 0.3) is 0 Å². The van der Waals surface area contributed by atoms with E-state index in [1.165, 1.54) is 18.4 Å². The molecule has 0 spiro atoms. The van der Waals surface area contributed by atoms with Crippen LogP contribution in [0.15, 0.2) is 23.8 Å². The number of hydrogen-bond acceptors (Lipinski definition) is 0. The Balaban J connectivity index is 2.70. The summed E-state index contributed by atoms with van der Waals surface area (Å²) >= 11 is 0. The first-order chi connectivity index (χ1) is 7.03. The Morgan fingerprint density at radius 3 is 2.47 bits per heavy atom. The zero-order chi connectivity index (χ0) is 11.5. The summed E-state index contributed by atoms with van der Waals surface area (Å²) in [6.07, 6.45) is 6.43. The first kappa shape index (κ1) is 12.5. The number of halogens is 1. The highest BCUT2D eigenvalue weighted by molar-refractivity contribution is 5.31. The van der Waals surface area contributed by atoms with Gasteiger partial charge in [-0.2, -0.15) is 0 Å². The first-order valence-corrected chi connectivity index (χ1v) is 6.07. The Labute approximate surface area is 93.3 Å². The third-order valence-electron chi connectivity index (χ3n) is 3.41. The van der Waals surface area contributed by atoms with E-state index in [4.69, 9.17) is 0 Å². The van der Waals surface area contributed by atoms with Crippen molar-refractivity contribution < 1.29 is 4.39 Å². The normalized spacial score (nSPS) is 21.2. The highest BCUT2D eigenvalue weighted by Gasteiger charge is 2.40. The van der Waals surface area contributed by atoms with Crippen LogP contribution in [0, 0.1) is 5.41 Å². The molecule has 86 valence electrons. The average Bonchev–Trinajstić information content (AvgIpc) is 2.95. The van der Waals surface area contributed by atoms with Crippen molar-refractivity contribution in [2.24, 2.45) is 5.41 Å². The molecule has 0 N–H and O–H groups in total. The molecule has 0 aromatic carbocycles. The molecule has 1 unspecified atom stereocenters. The lowest BCUT2D eigenvalue weighted by Crippen LogP contribution is -2.04. The summed E-state index contributed by atoms with van der Waals surface area (Å²) in [4.78, 5) is 0. The highest BCUT2D eigenvalue weighted by Crippen LogP contribution is 2.53. The van der Waals surface area contributed by atoms with Crippen LogP contribution in [0.2, 0.25) is 0 Å². The summed E-state index contributed by atoms with van der Waals surface area (Å²) in [7, 11) is 0. The zero-order valence-electron chi connectivity index (χ0n) is 10.3. The minimum atomic E-state index is -0.862. The topological polar surface area (TPSA) is 0 Å². The van der Waals surface area contributed by atoms with Gasteiger partial charge in [-0.15, -0.1) is 0 Å². The van der Waals surface area contributed by atoms with Gasteiger partial charge in [0.1, 0.15) is 6.17 Å². The van der Waals surface area contributed by atoms with Crippen LogP contribution in [0.1, 0.15) is 52.9 Å². The lowest BCUT2D eigenvalue weighted by atomic mass is 9.91. The van der Waals surface area contributed by atoms with Crippen LogP contribution in [0.25, 0.3) is 0 Å². The van der Waals surface area contributed by atoms with Crippen LogP contribution in [0.4, 0.5) is 4.39 Å². The monoisotopic (exact) mass is 210 g/mol. The van der Waals surface area contributed by atoms with Gasteiger partial charge in [-0.3, -0.25) is 0 Å².